The fraction of sp³-hybridized carbons (Fsp3) is 0.400. The zero-order valence-corrected chi connectivity index (χ0v) is 15.4. The lowest BCUT2D eigenvalue weighted by atomic mass is 10.1. The third-order valence-corrected chi connectivity index (χ3v) is 6.99. The minimum Gasteiger partial charge on any atom is -0.0654 e. The van der Waals surface area contributed by atoms with Crippen molar-refractivity contribution in [3.8, 4) is 0 Å². The molecular weight excluding hydrogens is 367 g/mol. The standard InChI is InChI=1S/C20H26I/c1-3-5-11-17-13-7-9-15-19(17)21-20-16-10-8-14-18(20)12-6-4-2/h7-10,13-16H,3-6,11-12H2,1-2H3/q+1. The first-order chi connectivity index (χ1) is 10.3. The lowest BCUT2D eigenvalue weighted by Crippen LogP contribution is -3.62. The highest BCUT2D eigenvalue weighted by Crippen LogP contribution is 2.06. The summed E-state index contributed by atoms with van der Waals surface area (Å²) in [4.78, 5) is 0. The molecule has 0 saturated carbocycles. The van der Waals surface area contributed by atoms with Crippen molar-refractivity contribution in [3.63, 3.8) is 0 Å². The van der Waals surface area contributed by atoms with Crippen molar-refractivity contribution in [2.45, 2.75) is 52.4 Å². The predicted molar refractivity (Wildman–Crippen MR) is 87.5 cm³/mol. The van der Waals surface area contributed by atoms with Crippen molar-refractivity contribution in [3.05, 3.63) is 66.8 Å². The van der Waals surface area contributed by atoms with Crippen molar-refractivity contribution in [1.82, 2.24) is 0 Å². The second-order valence-corrected chi connectivity index (χ2v) is 8.35. The number of aryl methyl sites for hydroxylation is 2. The van der Waals surface area contributed by atoms with Crippen LogP contribution in [0.15, 0.2) is 48.5 Å². The first-order valence-electron chi connectivity index (χ1n) is 8.15. The molecule has 0 aliphatic heterocycles. The molecule has 0 unspecified atom stereocenters. The molecule has 0 heterocycles. The SMILES string of the molecule is CCCCc1ccccc1[I+]c1ccccc1CCCC. The molecule has 0 fully saturated rings. The summed E-state index contributed by atoms with van der Waals surface area (Å²) in [5, 5.41) is 0. The molecule has 1 heteroatoms. The molecule has 0 atom stereocenters. The van der Waals surface area contributed by atoms with Crippen LogP contribution >= 0.6 is 0 Å². The van der Waals surface area contributed by atoms with Gasteiger partial charge < -0.3 is 0 Å². The van der Waals surface area contributed by atoms with Gasteiger partial charge in [0.15, 0.2) is 7.14 Å². The quantitative estimate of drug-likeness (QED) is 0.605. The number of halogens is 1. The van der Waals surface area contributed by atoms with Crippen LogP contribution in [-0.4, -0.2) is 0 Å². The van der Waals surface area contributed by atoms with Gasteiger partial charge in [-0.2, -0.15) is 0 Å². The highest BCUT2D eigenvalue weighted by Gasteiger charge is 2.22. The molecule has 0 radical (unpaired) electrons. The van der Waals surface area contributed by atoms with Crippen molar-refractivity contribution >= 4 is 0 Å². The third kappa shape index (κ3) is 5.14. The summed E-state index contributed by atoms with van der Waals surface area (Å²) >= 11 is -0.0502. The summed E-state index contributed by atoms with van der Waals surface area (Å²) < 4.78 is 3.24. The molecule has 0 nitrogen and oxygen atoms in total. The molecule has 2 aromatic rings. The van der Waals surface area contributed by atoms with Crippen LogP contribution in [0.25, 0.3) is 0 Å². The van der Waals surface area contributed by atoms with Crippen LogP contribution in [0.2, 0.25) is 0 Å². The van der Waals surface area contributed by atoms with Gasteiger partial charge in [0, 0.05) is 11.1 Å². The Hall–Kier alpha value is -0.830. The zero-order valence-electron chi connectivity index (χ0n) is 13.2. The molecule has 21 heavy (non-hydrogen) atoms. The number of hydrogen-bond acceptors (Lipinski definition) is 0. The largest absolute Gasteiger partial charge is 0.358 e. The van der Waals surface area contributed by atoms with Crippen LogP contribution in [0.1, 0.15) is 50.7 Å². The molecule has 0 aliphatic rings. The monoisotopic (exact) mass is 393 g/mol. The first-order valence-corrected chi connectivity index (χ1v) is 10.3. The Morgan fingerprint density at radius 2 is 1.10 bits per heavy atom. The van der Waals surface area contributed by atoms with E-state index in [0.717, 1.165) is 0 Å². The molecule has 2 aromatic carbocycles. The van der Waals surface area contributed by atoms with Crippen molar-refractivity contribution in [2.24, 2.45) is 0 Å². The van der Waals surface area contributed by atoms with Crippen LogP contribution in [0, 0.1) is 7.14 Å². The second kappa shape index (κ2) is 9.24. The summed E-state index contributed by atoms with van der Waals surface area (Å²) in [6.07, 6.45) is 7.64. The Morgan fingerprint density at radius 3 is 1.52 bits per heavy atom. The maximum Gasteiger partial charge on any atom is 0.358 e. The highest BCUT2D eigenvalue weighted by molar-refractivity contribution is 5.17. The van der Waals surface area contributed by atoms with E-state index < -0.39 is 0 Å². The summed E-state index contributed by atoms with van der Waals surface area (Å²) in [6, 6.07) is 18.2. The van der Waals surface area contributed by atoms with Crippen molar-refractivity contribution in [2.75, 3.05) is 0 Å². The first kappa shape index (κ1) is 16.5. The molecule has 112 valence electrons. The van der Waals surface area contributed by atoms with E-state index in [2.05, 4.69) is 62.4 Å². The van der Waals surface area contributed by atoms with Crippen molar-refractivity contribution < 1.29 is 21.2 Å². The van der Waals surface area contributed by atoms with Crippen molar-refractivity contribution in [1.29, 1.82) is 0 Å². The molecule has 0 N–H and O–H groups in total. The van der Waals surface area contributed by atoms with E-state index in [9.17, 15) is 0 Å². The van der Waals surface area contributed by atoms with Gasteiger partial charge in [-0.05, 0) is 37.8 Å². The molecule has 0 bridgehead atoms. The smallest absolute Gasteiger partial charge is 0.0654 e. The summed E-state index contributed by atoms with van der Waals surface area (Å²) in [6.45, 7) is 4.55. The van der Waals surface area contributed by atoms with E-state index in [1.807, 2.05) is 0 Å². The molecule has 0 aromatic heterocycles. The molecule has 0 saturated heterocycles. The normalized spacial score (nSPS) is 10.8. The van der Waals surface area contributed by atoms with Gasteiger partial charge in [0.25, 0.3) is 0 Å². The van der Waals surface area contributed by atoms with E-state index in [1.165, 1.54) is 38.5 Å². The molecule has 0 aliphatic carbocycles. The summed E-state index contributed by atoms with van der Waals surface area (Å²) in [5.74, 6) is 0. The van der Waals surface area contributed by atoms with E-state index in [0.29, 0.717) is 0 Å². The zero-order chi connectivity index (χ0) is 14.9. The van der Waals surface area contributed by atoms with Gasteiger partial charge in [0.05, 0.1) is 0 Å². The fourth-order valence-corrected chi connectivity index (χ4v) is 5.42. The Labute approximate surface area is 140 Å². The topological polar surface area (TPSA) is 0 Å². The maximum atomic E-state index is 2.36. The second-order valence-electron chi connectivity index (χ2n) is 5.48. The minimum atomic E-state index is -0.0502. The predicted octanol–water partition coefficient (Wildman–Crippen LogP) is 2.50. The van der Waals surface area contributed by atoms with E-state index in [4.69, 9.17) is 0 Å². The van der Waals surface area contributed by atoms with Gasteiger partial charge in [-0.3, -0.25) is 0 Å². The Morgan fingerprint density at radius 1 is 0.667 bits per heavy atom. The lowest BCUT2D eigenvalue weighted by molar-refractivity contribution is -0.599. The van der Waals surface area contributed by atoms with Gasteiger partial charge >= 0.3 is 21.2 Å². The van der Waals surface area contributed by atoms with Crippen LogP contribution in [0.4, 0.5) is 0 Å². The Kier molecular flexibility index (Phi) is 7.28. The maximum absolute atomic E-state index is 2.36. The Balaban J connectivity index is 2.18. The van der Waals surface area contributed by atoms with Gasteiger partial charge in [-0.25, -0.2) is 0 Å². The molecular formula is C20H26I+. The molecule has 0 spiro atoms. The Bertz CT molecular complexity index is 496. The van der Waals surface area contributed by atoms with E-state index in [1.54, 1.807) is 18.3 Å². The van der Waals surface area contributed by atoms with E-state index >= 15 is 0 Å². The average Bonchev–Trinajstić information content (AvgIpc) is 2.53. The van der Waals surface area contributed by atoms with Gasteiger partial charge in [0.1, 0.15) is 0 Å². The number of rotatable bonds is 8. The van der Waals surface area contributed by atoms with Gasteiger partial charge in [-0.1, -0.05) is 63.1 Å². The van der Waals surface area contributed by atoms with Gasteiger partial charge in [0.2, 0.25) is 0 Å². The minimum absolute atomic E-state index is 0.0502. The van der Waals surface area contributed by atoms with Crippen LogP contribution in [0.3, 0.4) is 0 Å². The van der Waals surface area contributed by atoms with Crippen LogP contribution in [0.5, 0.6) is 0 Å². The number of benzene rings is 2. The van der Waals surface area contributed by atoms with Crippen LogP contribution in [-0.2, 0) is 12.8 Å². The summed E-state index contributed by atoms with van der Waals surface area (Å²) in [5.41, 5.74) is 3.16. The third-order valence-electron chi connectivity index (χ3n) is 3.72. The molecule has 2 rings (SSSR count). The lowest BCUT2D eigenvalue weighted by Gasteiger charge is -2.02. The van der Waals surface area contributed by atoms with Gasteiger partial charge in [-0.15, -0.1) is 0 Å². The number of unbranched alkanes of at least 4 members (excludes halogenated alkanes) is 2. The van der Waals surface area contributed by atoms with E-state index in [-0.39, 0.29) is 21.2 Å². The molecule has 0 amide bonds. The average molecular weight is 393 g/mol. The van der Waals surface area contributed by atoms with Crippen LogP contribution < -0.4 is 21.2 Å². The fourth-order valence-electron chi connectivity index (χ4n) is 2.43. The highest BCUT2D eigenvalue weighted by atomic mass is 127. The number of hydrogen-bond donors (Lipinski definition) is 0. The summed E-state index contributed by atoms with van der Waals surface area (Å²) in [7, 11) is 0.